The van der Waals surface area contributed by atoms with Gasteiger partial charge < -0.3 is 5.11 Å². The Morgan fingerprint density at radius 2 is 2.45 bits per heavy atom. The van der Waals surface area contributed by atoms with Crippen molar-refractivity contribution < 1.29 is 10.0 Å². The summed E-state index contributed by atoms with van der Waals surface area (Å²) in [6.07, 6.45) is 0. The topological polar surface area (TPSA) is 92.0 Å². The molecule has 0 saturated carbocycles. The van der Waals surface area contributed by atoms with E-state index in [0.29, 0.717) is 0 Å². The molecule has 0 bridgehead atoms. The van der Waals surface area contributed by atoms with Gasteiger partial charge in [0, 0.05) is 0 Å². The molecule has 0 atom stereocenters. The lowest BCUT2D eigenvalue weighted by molar-refractivity contribution is -0.385. The second-order valence-electron chi connectivity index (χ2n) is 1.76. The van der Waals surface area contributed by atoms with Gasteiger partial charge in [0.1, 0.15) is 5.69 Å². The van der Waals surface area contributed by atoms with Crippen LogP contribution in [0.2, 0.25) is 5.15 Å². The lowest BCUT2D eigenvalue weighted by atomic mass is 10.4. The predicted molar refractivity (Wildman–Crippen MR) is 36.2 cm³/mol. The molecule has 0 radical (unpaired) electrons. The first-order chi connectivity index (χ1) is 5.16. The van der Waals surface area contributed by atoms with Crippen LogP contribution in [0.3, 0.4) is 0 Å². The van der Waals surface area contributed by atoms with E-state index in [1.54, 1.807) is 0 Å². The van der Waals surface area contributed by atoms with Gasteiger partial charge in [0.05, 0.1) is 11.5 Å². The van der Waals surface area contributed by atoms with Gasteiger partial charge in [0.15, 0.2) is 0 Å². The number of hydrogen-bond donors (Lipinski definition) is 2. The summed E-state index contributed by atoms with van der Waals surface area (Å²) in [5.74, 6) is 0. The summed E-state index contributed by atoms with van der Waals surface area (Å²) in [4.78, 5) is 9.52. The Bertz CT molecular complexity index is 284. The number of aromatic nitrogens is 2. The van der Waals surface area contributed by atoms with E-state index in [0.717, 1.165) is 0 Å². The van der Waals surface area contributed by atoms with Crippen LogP contribution in [0.1, 0.15) is 5.69 Å². The molecule has 1 aromatic rings. The van der Waals surface area contributed by atoms with Crippen molar-refractivity contribution in [3.05, 3.63) is 21.0 Å². The minimum absolute atomic E-state index is 0.0139. The second-order valence-corrected chi connectivity index (χ2v) is 2.11. The predicted octanol–water partition coefficient (Wildman–Crippen LogP) is 0.464. The fraction of sp³-hybridized carbons (Fsp3) is 0.250. The molecule has 1 aromatic heterocycles. The Hall–Kier alpha value is -1.14. The van der Waals surface area contributed by atoms with Crippen molar-refractivity contribution >= 4 is 17.3 Å². The average Bonchev–Trinajstić information content (AvgIpc) is 2.30. The smallest absolute Gasteiger partial charge is 0.331 e. The molecule has 1 heterocycles. The van der Waals surface area contributed by atoms with E-state index < -0.39 is 11.5 Å². The summed E-state index contributed by atoms with van der Waals surface area (Å²) >= 11 is 5.32. The molecule has 0 fully saturated rings. The van der Waals surface area contributed by atoms with E-state index in [4.69, 9.17) is 16.7 Å². The lowest BCUT2D eigenvalue weighted by Gasteiger charge is -1.88. The van der Waals surface area contributed by atoms with Crippen LogP contribution in [-0.2, 0) is 6.61 Å². The number of aliphatic hydroxyl groups excluding tert-OH is 1. The van der Waals surface area contributed by atoms with Crippen LogP contribution in [0.5, 0.6) is 0 Å². The Labute approximate surface area is 65.9 Å². The number of nitrogens with one attached hydrogen (secondary N) is 1. The molecule has 0 spiro atoms. The highest BCUT2D eigenvalue weighted by molar-refractivity contribution is 6.31. The van der Waals surface area contributed by atoms with Crippen LogP contribution in [-0.4, -0.2) is 20.2 Å². The molecule has 6 nitrogen and oxygen atoms in total. The first kappa shape index (κ1) is 7.96. The first-order valence-corrected chi connectivity index (χ1v) is 3.02. The maximum Gasteiger partial charge on any atom is 0.331 e. The molecule has 60 valence electrons. The van der Waals surface area contributed by atoms with Gasteiger partial charge >= 0.3 is 5.69 Å². The number of aromatic amines is 1. The summed E-state index contributed by atoms with van der Waals surface area (Å²) in [6, 6.07) is 0. The highest BCUT2D eigenvalue weighted by Gasteiger charge is 2.21. The quantitative estimate of drug-likeness (QED) is 0.507. The molecule has 0 aliphatic carbocycles. The first-order valence-electron chi connectivity index (χ1n) is 2.64. The summed E-state index contributed by atoms with van der Waals surface area (Å²) in [5, 5.41) is 24.1. The van der Waals surface area contributed by atoms with E-state index in [-0.39, 0.29) is 16.5 Å². The number of halogens is 1. The van der Waals surface area contributed by atoms with Crippen molar-refractivity contribution in [2.75, 3.05) is 0 Å². The van der Waals surface area contributed by atoms with Crippen molar-refractivity contribution in [3.63, 3.8) is 0 Å². The molecular formula is C4H4ClN3O3. The number of nitrogens with zero attached hydrogens (tertiary/aromatic N) is 2. The normalized spacial score (nSPS) is 10.0. The van der Waals surface area contributed by atoms with Gasteiger partial charge in [-0.1, -0.05) is 11.6 Å². The van der Waals surface area contributed by atoms with E-state index in [9.17, 15) is 10.1 Å². The van der Waals surface area contributed by atoms with Crippen molar-refractivity contribution in [3.8, 4) is 0 Å². The highest BCUT2D eigenvalue weighted by atomic mass is 35.5. The van der Waals surface area contributed by atoms with Gasteiger partial charge in [0.2, 0.25) is 5.15 Å². The molecule has 2 N–H and O–H groups in total. The SMILES string of the molecule is O=[N+]([O-])c1c(Cl)n[nH]c1CO. The largest absolute Gasteiger partial charge is 0.390 e. The van der Waals surface area contributed by atoms with Crippen LogP contribution in [0.25, 0.3) is 0 Å². The van der Waals surface area contributed by atoms with E-state index in [1.807, 2.05) is 0 Å². The van der Waals surface area contributed by atoms with Crippen molar-refractivity contribution in [2.45, 2.75) is 6.61 Å². The number of aliphatic hydroxyl groups is 1. The van der Waals surface area contributed by atoms with Crippen molar-refractivity contribution in [1.82, 2.24) is 10.2 Å². The maximum absolute atomic E-state index is 10.2. The standard InChI is InChI=1S/C4H4ClN3O3/c5-4-3(8(10)11)2(1-9)6-7-4/h9H,1H2,(H,6,7). The Kier molecular flexibility index (Phi) is 2.06. The second kappa shape index (κ2) is 2.85. The summed E-state index contributed by atoms with van der Waals surface area (Å²) in [5.41, 5.74) is -0.353. The Balaban J connectivity index is 3.17. The number of H-pyrrole nitrogens is 1. The summed E-state index contributed by atoms with van der Waals surface area (Å²) in [7, 11) is 0. The molecule has 0 saturated heterocycles. The van der Waals surface area contributed by atoms with E-state index >= 15 is 0 Å². The third-order valence-electron chi connectivity index (χ3n) is 1.11. The van der Waals surface area contributed by atoms with Crippen LogP contribution in [0.4, 0.5) is 5.69 Å². The fourth-order valence-corrected chi connectivity index (χ4v) is 0.868. The average molecular weight is 178 g/mol. The zero-order valence-electron chi connectivity index (χ0n) is 5.24. The molecule has 0 aliphatic heterocycles. The van der Waals surface area contributed by atoms with E-state index in [2.05, 4.69) is 10.2 Å². The van der Waals surface area contributed by atoms with Gasteiger partial charge in [-0.25, -0.2) is 0 Å². The lowest BCUT2D eigenvalue weighted by Crippen LogP contribution is -1.92. The number of hydrogen-bond acceptors (Lipinski definition) is 4. The van der Waals surface area contributed by atoms with E-state index in [1.165, 1.54) is 0 Å². The van der Waals surface area contributed by atoms with Gasteiger partial charge in [-0.3, -0.25) is 15.2 Å². The summed E-state index contributed by atoms with van der Waals surface area (Å²) in [6.45, 7) is -0.476. The van der Waals surface area contributed by atoms with Crippen LogP contribution in [0.15, 0.2) is 0 Å². The third kappa shape index (κ3) is 1.31. The molecule has 1 rings (SSSR count). The Morgan fingerprint density at radius 3 is 2.82 bits per heavy atom. The monoisotopic (exact) mass is 177 g/mol. The summed E-state index contributed by atoms with van der Waals surface area (Å²) < 4.78 is 0. The van der Waals surface area contributed by atoms with Gasteiger partial charge in [0.25, 0.3) is 0 Å². The van der Waals surface area contributed by atoms with Crippen LogP contribution in [0, 0.1) is 10.1 Å². The number of rotatable bonds is 2. The molecule has 0 unspecified atom stereocenters. The fourth-order valence-electron chi connectivity index (χ4n) is 0.643. The molecule has 0 amide bonds. The molecular weight excluding hydrogens is 174 g/mol. The minimum atomic E-state index is -0.697. The zero-order valence-corrected chi connectivity index (χ0v) is 6.00. The van der Waals surface area contributed by atoms with Gasteiger partial charge in [-0.2, -0.15) is 5.10 Å². The third-order valence-corrected chi connectivity index (χ3v) is 1.37. The molecule has 7 heteroatoms. The van der Waals surface area contributed by atoms with Crippen LogP contribution < -0.4 is 0 Å². The van der Waals surface area contributed by atoms with Crippen LogP contribution >= 0.6 is 11.6 Å². The molecule has 0 aromatic carbocycles. The van der Waals surface area contributed by atoms with Crippen molar-refractivity contribution in [2.24, 2.45) is 0 Å². The highest BCUT2D eigenvalue weighted by Crippen LogP contribution is 2.24. The molecule has 11 heavy (non-hydrogen) atoms. The minimum Gasteiger partial charge on any atom is -0.390 e. The van der Waals surface area contributed by atoms with Gasteiger partial charge in [-0.15, -0.1) is 0 Å². The zero-order chi connectivity index (χ0) is 8.43. The Morgan fingerprint density at radius 1 is 1.82 bits per heavy atom. The molecule has 0 aliphatic rings. The number of nitro groups is 1. The maximum atomic E-state index is 10.2. The van der Waals surface area contributed by atoms with Crippen molar-refractivity contribution in [1.29, 1.82) is 0 Å². The van der Waals surface area contributed by atoms with Gasteiger partial charge in [-0.05, 0) is 0 Å².